The number of rotatable bonds is 5. The van der Waals surface area contributed by atoms with Gasteiger partial charge in [-0.1, -0.05) is 50.6 Å². The molecule has 0 aliphatic rings. The first-order valence-corrected chi connectivity index (χ1v) is 4.42. The molecule has 1 nitrogen and oxygen atoms in total. The SMILES string of the molecule is C=C/C=C/CCCC.C=CCN. The first kappa shape index (κ1) is 13.7. The maximum atomic E-state index is 4.91. The molecular formula is C11H21N. The van der Waals surface area contributed by atoms with E-state index >= 15 is 0 Å². The van der Waals surface area contributed by atoms with Gasteiger partial charge in [-0.05, 0) is 6.42 Å². The molecule has 0 saturated heterocycles. The lowest BCUT2D eigenvalue weighted by molar-refractivity contribution is 0.815. The summed E-state index contributed by atoms with van der Waals surface area (Å²) in [6.07, 6.45) is 11.4. The van der Waals surface area contributed by atoms with E-state index in [0.29, 0.717) is 6.54 Å². The van der Waals surface area contributed by atoms with Gasteiger partial charge in [0, 0.05) is 6.54 Å². The average molecular weight is 167 g/mol. The third-order valence-electron chi connectivity index (χ3n) is 1.16. The van der Waals surface area contributed by atoms with Crippen molar-refractivity contribution in [3.63, 3.8) is 0 Å². The number of nitrogens with two attached hydrogens (primary N) is 1. The molecule has 0 aliphatic carbocycles. The molecule has 0 aromatic heterocycles. The second kappa shape index (κ2) is 16.6. The van der Waals surface area contributed by atoms with Crippen LogP contribution >= 0.6 is 0 Å². The minimum absolute atomic E-state index is 0.583. The van der Waals surface area contributed by atoms with Gasteiger partial charge in [-0.15, -0.1) is 6.58 Å². The van der Waals surface area contributed by atoms with Gasteiger partial charge >= 0.3 is 0 Å². The van der Waals surface area contributed by atoms with Crippen molar-refractivity contribution in [3.05, 3.63) is 37.5 Å². The molecule has 0 bridgehead atoms. The van der Waals surface area contributed by atoms with E-state index in [1.54, 1.807) is 6.08 Å². The van der Waals surface area contributed by atoms with Crippen LogP contribution in [-0.2, 0) is 0 Å². The summed E-state index contributed by atoms with van der Waals surface area (Å²) < 4.78 is 0. The molecule has 1 heteroatoms. The van der Waals surface area contributed by atoms with Crippen LogP contribution in [0.5, 0.6) is 0 Å². The zero-order valence-corrected chi connectivity index (χ0v) is 8.13. The Balaban J connectivity index is 0. The topological polar surface area (TPSA) is 26.0 Å². The van der Waals surface area contributed by atoms with Crippen LogP contribution in [0, 0.1) is 0 Å². The molecule has 0 aromatic carbocycles. The molecule has 70 valence electrons. The molecular weight excluding hydrogens is 146 g/mol. The molecule has 2 N–H and O–H groups in total. The van der Waals surface area contributed by atoms with E-state index in [1.165, 1.54) is 19.3 Å². The standard InChI is InChI=1S/C8H14.C3H7N/c1-3-5-7-8-6-4-2;1-2-3-4/h3,5,7H,1,4,6,8H2,2H3;2H,1,3-4H2/b7-5+;. The van der Waals surface area contributed by atoms with Gasteiger partial charge in [0.25, 0.3) is 0 Å². The smallest absolute Gasteiger partial charge is 0.0104 e. The van der Waals surface area contributed by atoms with Crippen molar-refractivity contribution >= 4 is 0 Å². The van der Waals surface area contributed by atoms with Crippen molar-refractivity contribution in [1.29, 1.82) is 0 Å². The fraction of sp³-hybridized carbons (Fsp3) is 0.455. The molecule has 0 radical (unpaired) electrons. The highest BCUT2D eigenvalue weighted by molar-refractivity contribution is 4.96. The van der Waals surface area contributed by atoms with Crippen LogP contribution in [-0.4, -0.2) is 6.54 Å². The number of hydrogen-bond donors (Lipinski definition) is 1. The summed E-state index contributed by atoms with van der Waals surface area (Å²) in [6, 6.07) is 0. The first-order valence-electron chi connectivity index (χ1n) is 4.42. The molecule has 0 aliphatic heterocycles. The van der Waals surface area contributed by atoms with Gasteiger partial charge in [-0.3, -0.25) is 0 Å². The van der Waals surface area contributed by atoms with Crippen LogP contribution in [0.25, 0.3) is 0 Å². The van der Waals surface area contributed by atoms with Crippen LogP contribution in [0.4, 0.5) is 0 Å². The Morgan fingerprint density at radius 1 is 1.33 bits per heavy atom. The highest BCUT2D eigenvalue weighted by atomic mass is 14.5. The van der Waals surface area contributed by atoms with E-state index in [2.05, 4.69) is 26.2 Å². The van der Waals surface area contributed by atoms with E-state index in [0.717, 1.165) is 0 Å². The maximum Gasteiger partial charge on any atom is 0.0104 e. The molecule has 0 unspecified atom stereocenters. The van der Waals surface area contributed by atoms with E-state index in [-0.39, 0.29) is 0 Å². The second-order valence-corrected chi connectivity index (χ2v) is 2.33. The van der Waals surface area contributed by atoms with Gasteiger partial charge in [0.2, 0.25) is 0 Å². The zero-order chi connectivity index (χ0) is 9.66. The van der Waals surface area contributed by atoms with Crippen LogP contribution in [0.3, 0.4) is 0 Å². The van der Waals surface area contributed by atoms with Gasteiger partial charge in [0.05, 0.1) is 0 Å². The van der Waals surface area contributed by atoms with Crippen molar-refractivity contribution in [2.24, 2.45) is 5.73 Å². The first-order chi connectivity index (χ1) is 5.83. The number of hydrogen-bond acceptors (Lipinski definition) is 1. The summed E-state index contributed by atoms with van der Waals surface area (Å²) in [5, 5.41) is 0. The van der Waals surface area contributed by atoms with Crippen LogP contribution in [0.15, 0.2) is 37.5 Å². The zero-order valence-electron chi connectivity index (χ0n) is 8.13. The van der Waals surface area contributed by atoms with Crippen molar-refractivity contribution < 1.29 is 0 Å². The van der Waals surface area contributed by atoms with Gasteiger partial charge in [0.1, 0.15) is 0 Å². The van der Waals surface area contributed by atoms with E-state index in [9.17, 15) is 0 Å². The lowest BCUT2D eigenvalue weighted by atomic mass is 10.2. The molecule has 0 atom stereocenters. The maximum absolute atomic E-state index is 4.91. The summed E-state index contributed by atoms with van der Waals surface area (Å²) in [5.41, 5.74) is 4.91. The van der Waals surface area contributed by atoms with Gasteiger partial charge in [-0.25, -0.2) is 0 Å². The summed E-state index contributed by atoms with van der Waals surface area (Å²) in [5.74, 6) is 0. The molecule has 0 amide bonds. The molecule has 12 heavy (non-hydrogen) atoms. The Morgan fingerprint density at radius 3 is 2.25 bits per heavy atom. The summed E-state index contributed by atoms with van der Waals surface area (Å²) in [7, 11) is 0. The molecule has 0 aromatic rings. The Bertz CT molecular complexity index is 114. The predicted octanol–water partition coefficient (Wildman–Crippen LogP) is 3.05. The normalized spacial score (nSPS) is 8.83. The Hall–Kier alpha value is -0.820. The third kappa shape index (κ3) is 22.9. The van der Waals surface area contributed by atoms with Gasteiger partial charge < -0.3 is 5.73 Å². The van der Waals surface area contributed by atoms with Crippen molar-refractivity contribution in [2.75, 3.05) is 6.54 Å². The average Bonchev–Trinajstić information content (AvgIpc) is 2.13. The lowest BCUT2D eigenvalue weighted by Gasteiger charge is -1.84. The fourth-order valence-corrected chi connectivity index (χ4v) is 0.514. The van der Waals surface area contributed by atoms with Crippen LogP contribution in [0.2, 0.25) is 0 Å². The van der Waals surface area contributed by atoms with E-state index in [1.807, 2.05) is 12.2 Å². The highest BCUT2D eigenvalue weighted by Crippen LogP contribution is 1.93. The van der Waals surface area contributed by atoms with Crippen LogP contribution in [0.1, 0.15) is 26.2 Å². The number of allylic oxidation sites excluding steroid dienone is 3. The van der Waals surface area contributed by atoms with Gasteiger partial charge in [0.15, 0.2) is 0 Å². The highest BCUT2D eigenvalue weighted by Gasteiger charge is 1.73. The molecule has 0 spiro atoms. The minimum atomic E-state index is 0.583. The monoisotopic (exact) mass is 167 g/mol. The largest absolute Gasteiger partial charge is 0.327 e. The number of unbranched alkanes of at least 4 members (excludes halogenated alkanes) is 2. The Morgan fingerprint density at radius 2 is 1.92 bits per heavy atom. The quantitative estimate of drug-likeness (QED) is 0.380. The second-order valence-electron chi connectivity index (χ2n) is 2.33. The molecule has 0 rings (SSSR count). The summed E-state index contributed by atoms with van der Waals surface area (Å²) >= 11 is 0. The van der Waals surface area contributed by atoms with Crippen molar-refractivity contribution in [2.45, 2.75) is 26.2 Å². The van der Waals surface area contributed by atoms with E-state index < -0.39 is 0 Å². The summed E-state index contributed by atoms with van der Waals surface area (Å²) in [4.78, 5) is 0. The molecule has 0 saturated carbocycles. The molecule has 0 fully saturated rings. The predicted molar refractivity (Wildman–Crippen MR) is 58.1 cm³/mol. The fourth-order valence-electron chi connectivity index (χ4n) is 0.514. The van der Waals surface area contributed by atoms with E-state index in [4.69, 9.17) is 5.73 Å². The lowest BCUT2D eigenvalue weighted by Crippen LogP contribution is -1.90. The van der Waals surface area contributed by atoms with Crippen molar-refractivity contribution in [1.82, 2.24) is 0 Å². The Kier molecular flexibility index (Phi) is 19.1. The van der Waals surface area contributed by atoms with Crippen LogP contribution < -0.4 is 5.73 Å². The third-order valence-corrected chi connectivity index (χ3v) is 1.16. The van der Waals surface area contributed by atoms with Crippen molar-refractivity contribution in [3.8, 4) is 0 Å². The van der Waals surface area contributed by atoms with Gasteiger partial charge in [-0.2, -0.15) is 0 Å². The summed E-state index contributed by atoms with van der Waals surface area (Å²) in [6.45, 7) is 9.71. The minimum Gasteiger partial charge on any atom is -0.327 e. The molecule has 0 heterocycles. The Labute approximate surface area is 76.7 Å².